The van der Waals surface area contributed by atoms with Crippen LogP contribution in [0.2, 0.25) is 0 Å². The van der Waals surface area contributed by atoms with Gasteiger partial charge in [-0.25, -0.2) is 4.98 Å². The number of benzene rings is 2. The van der Waals surface area contributed by atoms with Gasteiger partial charge in [0, 0.05) is 18.5 Å². The molecule has 1 heterocycles. The molecule has 0 bridgehead atoms. The van der Waals surface area contributed by atoms with Crippen LogP contribution in [-0.4, -0.2) is 22.6 Å². The van der Waals surface area contributed by atoms with E-state index < -0.39 is 0 Å². The van der Waals surface area contributed by atoms with Gasteiger partial charge in [-0.3, -0.25) is 4.79 Å². The minimum absolute atomic E-state index is 0.0864. The lowest BCUT2D eigenvalue weighted by atomic mass is 10.1. The Bertz CT molecular complexity index is 977. The molecule has 1 aromatic heterocycles. The molecule has 2 aromatic carbocycles. The number of fused-ring (bicyclic) bond motifs is 1. The second-order valence-corrected chi connectivity index (χ2v) is 6.53. The lowest BCUT2D eigenvalue weighted by Crippen LogP contribution is -2.25. The van der Waals surface area contributed by atoms with E-state index in [0.717, 1.165) is 29.8 Å². The predicted octanol–water partition coefficient (Wildman–Crippen LogP) is 3.70. The molecular weight excluding hydrogens is 338 g/mol. The average Bonchev–Trinajstić information content (AvgIpc) is 3.37. The van der Waals surface area contributed by atoms with Gasteiger partial charge < -0.3 is 14.6 Å². The van der Waals surface area contributed by atoms with Crippen molar-refractivity contribution in [1.29, 1.82) is 0 Å². The number of aryl methyl sites for hydroxylation is 1. The molecule has 1 amide bonds. The summed E-state index contributed by atoms with van der Waals surface area (Å²) < 4.78 is 7.30. The van der Waals surface area contributed by atoms with Crippen molar-refractivity contribution in [2.24, 2.45) is 0 Å². The monoisotopic (exact) mass is 359 g/mol. The Morgan fingerprint density at radius 1 is 1.30 bits per heavy atom. The lowest BCUT2D eigenvalue weighted by Gasteiger charge is -2.12. The van der Waals surface area contributed by atoms with Crippen LogP contribution in [0.5, 0.6) is 5.75 Å². The van der Waals surface area contributed by atoms with Crippen molar-refractivity contribution in [2.75, 3.05) is 7.11 Å². The number of carbonyl (C=O) groups is 1. The molecule has 27 heavy (non-hydrogen) atoms. The number of rotatable bonds is 5. The smallest absolute Gasteiger partial charge is 0.244 e. The number of amides is 1. The Morgan fingerprint density at radius 3 is 3.00 bits per heavy atom. The van der Waals surface area contributed by atoms with Gasteiger partial charge in [-0.15, -0.1) is 0 Å². The zero-order chi connectivity index (χ0) is 18.6. The first kappa shape index (κ1) is 17.1. The zero-order valence-electron chi connectivity index (χ0n) is 15.1. The topological polar surface area (TPSA) is 56.1 Å². The van der Waals surface area contributed by atoms with Crippen molar-refractivity contribution >= 4 is 12.0 Å². The van der Waals surface area contributed by atoms with Crippen LogP contribution in [0.3, 0.4) is 0 Å². The van der Waals surface area contributed by atoms with Crippen LogP contribution in [0.1, 0.15) is 29.2 Å². The van der Waals surface area contributed by atoms with Crippen molar-refractivity contribution in [3.63, 3.8) is 0 Å². The minimum Gasteiger partial charge on any atom is -0.495 e. The quantitative estimate of drug-likeness (QED) is 0.707. The molecule has 0 radical (unpaired) electrons. The summed E-state index contributed by atoms with van der Waals surface area (Å²) in [7, 11) is 1.64. The number of hydrogen-bond acceptors (Lipinski definition) is 3. The summed E-state index contributed by atoms with van der Waals surface area (Å²) in [6.07, 6.45) is 10.7. The summed E-state index contributed by atoms with van der Waals surface area (Å²) in [5.74, 6) is 0.661. The minimum atomic E-state index is -0.0864. The maximum atomic E-state index is 12.4. The Morgan fingerprint density at radius 2 is 2.19 bits per heavy atom. The van der Waals surface area contributed by atoms with Crippen LogP contribution in [0.25, 0.3) is 11.8 Å². The van der Waals surface area contributed by atoms with Gasteiger partial charge in [-0.1, -0.05) is 30.3 Å². The summed E-state index contributed by atoms with van der Waals surface area (Å²) in [6, 6.07) is 14.2. The number of hydrogen-bond donors (Lipinski definition) is 1. The van der Waals surface area contributed by atoms with Gasteiger partial charge in [0.05, 0.1) is 25.2 Å². The fourth-order valence-corrected chi connectivity index (χ4v) is 3.51. The summed E-state index contributed by atoms with van der Waals surface area (Å²) in [5.41, 5.74) is 4.35. The Kier molecular flexibility index (Phi) is 4.75. The maximum absolute atomic E-state index is 12.4. The van der Waals surface area contributed by atoms with Gasteiger partial charge in [0.15, 0.2) is 0 Å². The lowest BCUT2D eigenvalue weighted by molar-refractivity contribution is -0.117. The SMILES string of the molecule is COc1ccc(/C=C/C(=O)NC2CCc3ccccc32)cc1-n1ccnc1. The second kappa shape index (κ2) is 7.50. The molecule has 1 aliphatic rings. The van der Waals surface area contributed by atoms with Crippen molar-refractivity contribution in [3.05, 3.63) is 84.0 Å². The maximum Gasteiger partial charge on any atom is 0.244 e. The highest BCUT2D eigenvalue weighted by molar-refractivity contribution is 5.92. The number of carbonyl (C=O) groups excluding carboxylic acids is 1. The van der Waals surface area contributed by atoms with Gasteiger partial charge in [0.25, 0.3) is 0 Å². The largest absolute Gasteiger partial charge is 0.495 e. The Balaban J connectivity index is 1.48. The normalized spacial score (nSPS) is 15.7. The third-order valence-corrected chi connectivity index (χ3v) is 4.86. The number of aromatic nitrogens is 2. The second-order valence-electron chi connectivity index (χ2n) is 6.53. The molecule has 1 aliphatic carbocycles. The standard InChI is InChI=1S/C22H21N3O2/c1-27-21-10-6-16(14-20(21)25-13-12-23-15-25)7-11-22(26)24-19-9-8-17-4-2-3-5-18(17)19/h2-7,10-15,19H,8-9H2,1H3,(H,24,26)/b11-7+. The van der Waals surface area contributed by atoms with Gasteiger partial charge in [0.1, 0.15) is 5.75 Å². The molecule has 136 valence electrons. The van der Waals surface area contributed by atoms with Crippen molar-refractivity contribution in [3.8, 4) is 11.4 Å². The Labute approximate surface area is 158 Å². The van der Waals surface area contributed by atoms with Crippen LogP contribution in [0.4, 0.5) is 0 Å². The molecule has 1 N–H and O–H groups in total. The van der Waals surface area contributed by atoms with Crippen molar-refractivity contribution in [2.45, 2.75) is 18.9 Å². The number of nitrogens with one attached hydrogen (secondary N) is 1. The van der Waals surface area contributed by atoms with E-state index in [1.165, 1.54) is 11.1 Å². The van der Waals surface area contributed by atoms with Crippen LogP contribution in [0, 0.1) is 0 Å². The first-order chi connectivity index (χ1) is 13.2. The number of imidazole rings is 1. The van der Waals surface area contributed by atoms with E-state index >= 15 is 0 Å². The van der Waals surface area contributed by atoms with Gasteiger partial charge >= 0.3 is 0 Å². The van der Waals surface area contributed by atoms with Crippen LogP contribution in [-0.2, 0) is 11.2 Å². The summed E-state index contributed by atoms with van der Waals surface area (Å²) in [6.45, 7) is 0. The summed E-state index contributed by atoms with van der Waals surface area (Å²) in [5, 5.41) is 3.10. The molecule has 4 rings (SSSR count). The van der Waals surface area contributed by atoms with Crippen LogP contribution in [0.15, 0.2) is 67.3 Å². The third kappa shape index (κ3) is 3.62. The molecule has 0 aliphatic heterocycles. The van der Waals surface area contributed by atoms with E-state index in [-0.39, 0.29) is 11.9 Å². The molecule has 0 fully saturated rings. The molecule has 0 saturated carbocycles. The van der Waals surface area contributed by atoms with E-state index in [2.05, 4.69) is 22.4 Å². The predicted molar refractivity (Wildman–Crippen MR) is 105 cm³/mol. The van der Waals surface area contributed by atoms with E-state index in [9.17, 15) is 4.79 Å². The zero-order valence-corrected chi connectivity index (χ0v) is 15.1. The van der Waals surface area contributed by atoms with Crippen molar-refractivity contribution < 1.29 is 9.53 Å². The molecule has 0 spiro atoms. The summed E-state index contributed by atoms with van der Waals surface area (Å²) >= 11 is 0. The fraction of sp³-hybridized carbons (Fsp3) is 0.182. The number of ether oxygens (including phenoxy) is 1. The fourth-order valence-electron chi connectivity index (χ4n) is 3.51. The molecule has 5 nitrogen and oxygen atoms in total. The van der Waals surface area contributed by atoms with E-state index in [1.807, 2.05) is 47.2 Å². The van der Waals surface area contributed by atoms with E-state index in [4.69, 9.17) is 4.74 Å². The first-order valence-electron chi connectivity index (χ1n) is 8.97. The molecule has 1 unspecified atom stereocenters. The molecular formula is C22H21N3O2. The van der Waals surface area contributed by atoms with Gasteiger partial charge in [-0.2, -0.15) is 0 Å². The average molecular weight is 359 g/mol. The molecule has 3 aromatic rings. The molecule has 5 heteroatoms. The van der Waals surface area contributed by atoms with Gasteiger partial charge in [0.2, 0.25) is 5.91 Å². The van der Waals surface area contributed by atoms with E-state index in [1.54, 1.807) is 25.7 Å². The number of methoxy groups -OCH3 is 1. The Hall–Kier alpha value is -3.34. The van der Waals surface area contributed by atoms with Crippen LogP contribution < -0.4 is 10.1 Å². The molecule has 0 saturated heterocycles. The van der Waals surface area contributed by atoms with Crippen LogP contribution >= 0.6 is 0 Å². The summed E-state index contributed by atoms with van der Waals surface area (Å²) in [4.78, 5) is 16.5. The highest BCUT2D eigenvalue weighted by Crippen LogP contribution is 2.30. The first-order valence-corrected chi connectivity index (χ1v) is 8.97. The highest BCUT2D eigenvalue weighted by atomic mass is 16.5. The third-order valence-electron chi connectivity index (χ3n) is 4.86. The van der Waals surface area contributed by atoms with Crippen molar-refractivity contribution in [1.82, 2.24) is 14.9 Å². The molecule has 1 atom stereocenters. The highest BCUT2D eigenvalue weighted by Gasteiger charge is 2.22. The van der Waals surface area contributed by atoms with E-state index in [0.29, 0.717) is 0 Å². The van der Waals surface area contributed by atoms with Gasteiger partial charge in [-0.05, 0) is 47.7 Å². The number of nitrogens with zero attached hydrogens (tertiary/aromatic N) is 2.